The molecule has 1 saturated carbocycles. The van der Waals surface area contributed by atoms with Gasteiger partial charge in [-0.2, -0.15) is 10.2 Å². The lowest BCUT2D eigenvalue weighted by Crippen LogP contribution is -2.15. The van der Waals surface area contributed by atoms with Crippen LogP contribution in [0.2, 0.25) is 0 Å². The van der Waals surface area contributed by atoms with Crippen molar-refractivity contribution in [1.29, 1.82) is 5.26 Å². The van der Waals surface area contributed by atoms with E-state index in [9.17, 15) is 10.1 Å². The highest BCUT2D eigenvalue weighted by atomic mass is 16.5. The van der Waals surface area contributed by atoms with Gasteiger partial charge in [-0.25, -0.2) is 4.98 Å². The number of ether oxygens (including phenoxy) is 2. The molecule has 0 bridgehead atoms. The van der Waals surface area contributed by atoms with Crippen LogP contribution in [0.5, 0.6) is 11.6 Å². The average molecular weight is 402 g/mol. The summed E-state index contributed by atoms with van der Waals surface area (Å²) in [5, 5.41) is 9.61. The molecule has 2 unspecified atom stereocenters. The number of aryl methyl sites for hydroxylation is 1. The number of H-pyrrole nitrogens is 1. The number of benzene rings is 1. The molecule has 0 saturated heterocycles. The number of hydrogen-bond acceptors (Lipinski definition) is 6. The van der Waals surface area contributed by atoms with E-state index in [4.69, 9.17) is 9.47 Å². The fourth-order valence-electron chi connectivity index (χ4n) is 3.80. The molecular formula is C23H22N4O3. The Bertz CT molecular complexity index is 1230. The summed E-state index contributed by atoms with van der Waals surface area (Å²) >= 11 is 0. The lowest BCUT2D eigenvalue weighted by Gasteiger charge is -2.10. The maximum Gasteiger partial charge on any atom is 0.257 e. The number of nitriles is 1. The third kappa shape index (κ3) is 3.41. The van der Waals surface area contributed by atoms with Gasteiger partial charge in [-0.3, -0.25) is 4.79 Å². The van der Waals surface area contributed by atoms with Crippen molar-refractivity contribution in [1.82, 2.24) is 15.0 Å². The average Bonchev–Trinajstić information content (AvgIpc) is 3.55. The van der Waals surface area contributed by atoms with Crippen LogP contribution in [-0.2, 0) is 0 Å². The van der Waals surface area contributed by atoms with E-state index < -0.39 is 0 Å². The molecule has 1 fully saturated rings. The van der Waals surface area contributed by atoms with Crippen molar-refractivity contribution in [2.24, 2.45) is 0 Å². The molecule has 1 aromatic carbocycles. The minimum absolute atomic E-state index is 0.0418. The third-order valence-electron chi connectivity index (χ3n) is 5.58. The van der Waals surface area contributed by atoms with Gasteiger partial charge in [0.1, 0.15) is 11.6 Å². The number of aromatic nitrogens is 3. The molecule has 1 N–H and O–H groups in total. The second kappa shape index (κ2) is 7.64. The topological polar surface area (TPSA) is 101 Å². The van der Waals surface area contributed by atoms with Crippen molar-refractivity contribution in [3.05, 3.63) is 68.9 Å². The molecule has 2 aromatic heterocycles. The third-order valence-corrected chi connectivity index (χ3v) is 5.58. The Kier molecular flexibility index (Phi) is 5.00. The van der Waals surface area contributed by atoms with Gasteiger partial charge in [-0.05, 0) is 56.0 Å². The first-order valence-corrected chi connectivity index (χ1v) is 9.67. The van der Waals surface area contributed by atoms with Crippen molar-refractivity contribution in [3.63, 3.8) is 0 Å². The van der Waals surface area contributed by atoms with Gasteiger partial charge in [0.05, 0.1) is 42.8 Å². The van der Waals surface area contributed by atoms with Gasteiger partial charge in [-0.15, -0.1) is 0 Å². The largest absolute Gasteiger partial charge is 0.495 e. The highest BCUT2D eigenvalue weighted by Gasteiger charge is 2.43. The number of aromatic amines is 1. The molecule has 0 aliphatic heterocycles. The van der Waals surface area contributed by atoms with Crippen LogP contribution in [0.15, 0.2) is 35.1 Å². The van der Waals surface area contributed by atoms with Crippen LogP contribution in [0, 0.1) is 25.2 Å². The summed E-state index contributed by atoms with van der Waals surface area (Å²) in [7, 11) is 3.12. The maximum absolute atomic E-state index is 12.2. The van der Waals surface area contributed by atoms with E-state index in [0.717, 1.165) is 34.7 Å². The summed E-state index contributed by atoms with van der Waals surface area (Å²) < 4.78 is 10.5. The summed E-state index contributed by atoms with van der Waals surface area (Å²) in [5.74, 6) is 1.82. The Hall–Kier alpha value is -3.66. The Morgan fingerprint density at radius 2 is 1.90 bits per heavy atom. The maximum atomic E-state index is 12.2. The number of nitrogens with zero attached hydrogens (tertiary/aromatic N) is 3. The molecule has 30 heavy (non-hydrogen) atoms. The number of nitrogens with one attached hydrogen (secondary N) is 1. The van der Waals surface area contributed by atoms with Gasteiger partial charge in [0.2, 0.25) is 5.88 Å². The van der Waals surface area contributed by atoms with Crippen LogP contribution in [0.25, 0.3) is 11.3 Å². The molecule has 2 atom stereocenters. The minimum atomic E-state index is -0.199. The van der Waals surface area contributed by atoms with Gasteiger partial charge >= 0.3 is 0 Å². The van der Waals surface area contributed by atoms with Crippen molar-refractivity contribution < 1.29 is 9.47 Å². The molecular weight excluding hydrogens is 380 g/mol. The molecule has 0 radical (unpaired) electrons. The Labute approximate surface area is 174 Å². The van der Waals surface area contributed by atoms with Gasteiger partial charge in [0.25, 0.3) is 5.56 Å². The summed E-state index contributed by atoms with van der Waals surface area (Å²) in [6.07, 6.45) is 0.808. The Morgan fingerprint density at radius 1 is 1.10 bits per heavy atom. The summed E-state index contributed by atoms with van der Waals surface area (Å²) in [6, 6.07) is 11.8. The molecule has 0 amide bonds. The van der Waals surface area contributed by atoms with Crippen molar-refractivity contribution in [3.8, 4) is 29.0 Å². The molecule has 4 rings (SSSR count). The molecule has 7 heteroatoms. The van der Waals surface area contributed by atoms with E-state index in [2.05, 4.69) is 21.0 Å². The normalized spacial score (nSPS) is 17.3. The molecule has 3 aromatic rings. The first-order valence-electron chi connectivity index (χ1n) is 9.67. The van der Waals surface area contributed by atoms with E-state index in [1.807, 2.05) is 37.3 Å². The monoisotopic (exact) mass is 402 g/mol. The van der Waals surface area contributed by atoms with Crippen LogP contribution in [0.3, 0.4) is 0 Å². The number of methoxy groups -OCH3 is 2. The van der Waals surface area contributed by atoms with Crippen LogP contribution in [0.4, 0.5) is 0 Å². The van der Waals surface area contributed by atoms with Crippen molar-refractivity contribution in [2.45, 2.75) is 32.1 Å². The van der Waals surface area contributed by atoms with Gasteiger partial charge < -0.3 is 14.5 Å². The zero-order chi connectivity index (χ0) is 21.4. The fourth-order valence-corrected chi connectivity index (χ4v) is 3.80. The van der Waals surface area contributed by atoms with Gasteiger partial charge in [0, 0.05) is 11.5 Å². The van der Waals surface area contributed by atoms with Gasteiger partial charge in [-0.1, -0.05) is 6.07 Å². The quantitative estimate of drug-likeness (QED) is 0.700. The molecule has 1 aliphatic carbocycles. The molecule has 0 spiro atoms. The second-order valence-electron chi connectivity index (χ2n) is 7.43. The molecule has 152 valence electrons. The highest BCUT2D eigenvalue weighted by Crippen LogP contribution is 2.54. The zero-order valence-electron chi connectivity index (χ0n) is 17.3. The Balaban J connectivity index is 1.70. The predicted molar refractivity (Wildman–Crippen MR) is 112 cm³/mol. The van der Waals surface area contributed by atoms with Crippen LogP contribution in [0.1, 0.15) is 46.5 Å². The molecule has 7 nitrogen and oxygen atoms in total. The van der Waals surface area contributed by atoms with E-state index in [-0.39, 0.29) is 17.4 Å². The lowest BCUT2D eigenvalue weighted by atomic mass is 9.98. The summed E-state index contributed by atoms with van der Waals surface area (Å²) in [4.78, 5) is 24.2. The zero-order valence-corrected chi connectivity index (χ0v) is 17.3. The van der Waals surface area contributed by atoms with E-state index in [1.165, 1.54) is 7.11 Å². The van der Waals surface area contributed by atoms with Crippen molar-refractivity contribution >= 4 is 0 Å². The van der Waals surface area contributed by atoms with Crippen molar-refractivity contribution in [2.75, 3.05) is 14.2 Å². The fraction of sp³-hybridized carbons (Fsp3) is 0.304. The van der Waals surface area contributed by atoms with Gasteiger partial charge in [0.15, 0.2) is 0 Å². The second-order valence-corrected chi connectivity index (χ2v) is 7.43. The lowest BCUT2D eigenvalue weighted by molar-refractivity contribution is 0.390. The van der Waals surface area contributed by atoms with Crippen LogP contribution >= 0.6 is 0 Å². The first-order chi connectivity index (χ1) is 14.5. The highest BCUT2D eigenvalue weighted by molar-refractivity contribution is 5.64. The van der Waals surface area contributed by atoms with Crippen LogP contribution < -0.4 is 15.0 Å². The minimum Gasteiger partial charge on any atom is -0.495 e. The number of rotatable bonds is 5. The summed E-state index contributed by atoms with van der Waals surface area (Å²) in [6.45, 7) is 3.58. The SMILES string of the molecule is COc1ccc(-c2ccc(C#N)c(C3CC3c3nc(OC)c(C)c(=O)[nH]3)c2)nc1C. The summed E-state index contributed by atoms with van der Waals surface area (Å²) in [5.41, 5.74) is 4.38. The number of pyridine rings is 1. The van der Waals surface area contributed by atoms with Crippen LogP contribution in [-0.4, -0.2) is 29.2 Å². The number of hydrogen-bond donors (Lipinski definition) is 1. The molecule has 1 aliphatic rings. The van der Waals surface area contributed by atoms with E-state index >= 15 is 0 Å². The Morgan fingerprint density at radius 3 is 2.57 bits per heavy atom. The van der Waals surface area contributed by atoms with E-state index in [0.29, 0.717) is 22.8 Å². The smallest absolute Gasteiger partial charge is 0.257 e. The standard InChI is InChI=1S/C23H22N4O3/c1-12-22(28)26-21(27-23(12)30-4)18-10-17(18)16-9-14(5-6-15(16)11-24)19-7-8-20(29-3)13(2)25-19/h5-9,17-18H,10H2,1-4H3,(H,26,27,28). The predicted octanol–water partition coefficient (Wildman–Crippen LogP) is 3.61. The molecule has 2 heterocycles. The van der Waals surface area contributed by atoms with E-state index in [1.54, 1.807) is 14.0 Å². The first kappa shape index (κ1) is 19.6.